The van der Waals surface area contributed by atoms with Crippen LogP contribution in [0.2, 0.25) is 5.02 Å². The van der Waals surface area contributed by atoms with Gasteiger partial charge in [-0.2, -0.15) is 0 Å². The zero-order valence-corrected chi connectivity index (χ0v) is 28.5. The molecule has 0 fully saturated rings. The third-order valence-corrected chi connectivity index (χ3v) is 9.80. The minimum atomic E-state index is -0.745. The van der Waals surface area contributed by atoms with Crippen molar-refractivity contribution in [3.63, 3.8) is 0 Å². The lowest BCUT2D eigenvalue weighted by atomic mass is 10.1. The number of halogens is 1. The molecule has 0 saturated carbocycles. The Morgan fingerprint density at radius 2 is 1.48 bits per heavy atom. The summed E-state index contributed by atoms with van der Waals surface area (Å²) in [6.45, 7) is 3.48. The molecule has 48 heavy (non-hydrogen) atoms. The monoisotopic (exact) mass is 697 g/mol. The third kappa shape index (κ3) is 8.92. The highest BCUT2D eigenvalue weighted by molar-refractivity contribution is 8.00. The highest BCUT2D eigenvalue weighted by Gasteiger charge is 2.30. The van der Waals surface area contributed by atoms with Crippen molar-refractivity contribution in [2.24, 2.45) is 0 Å². The van der Waals surface area contributed by atoms with Crippen LogP contribution in [0.15, 0.2) is 114 Å². The smallest absolute Gasteiger partial charge is 0.341 e. The molecule has 3 amide bonds. The van der Waals surface area contributed by atoms with Gasteiger partial charge in [0.05, 0.1) is 23.5 Å². The van der Waals surface area contributed by atoms with Crippen LogP contribution in [0.1, 0.15) is 48.9 Å². The van der Waals surface area contributed by atoms with Crippen LogP contribution < -0.4 is 16.0 Å². The topological polar surface area (TPSA) is 114 Å². The van der Waals surface area contributed by atoms with Crippen molar-refractivity contribution in [1.29, 1.82) is 0 Å². The lowest BCUT2D eigenvalue weighted by molar-refractivity contribution is -0.116. The summed E-state index contributed by atoms with van der Waals surface area (Å²) in [7, 11) is 0. The Hall–Kier alpha value is -4.90. The molecule has 0 radical (unpaired) electrons. The van der Waals surface area contributed by atoms with E-state index in [1.165, 1.54) is 11.8 Å². The van der Waals surface area contributed by atoms with Gasteiger partial charge < -0.3 is 20.7 Å². The number of carbonyl (C=O) groups excluding carboxylic acids is 4. The minimum Gasteiger partial charge on any atom is -0.462 e. The van der Waals surface area contributed by atoms with Gasteiger partial charge in [0.15, 0.2) is 0 Å². The number of benzene rings is 4. The minimum absolute atomic E-state index is 0.127. The summed E-state index contributed by atoms with van der Waals surface area (Å²) in [4.78, 5) is 54.2. The van der Waals surface area contributed by atoms with Crippen LogP contribution in [0.4, 0.5) is 16.4 Å². The summed E-state index contributed by atoms with van der Waals surface area (Å²) in [5.41, 5.74) is 3.28. The van der Waals surface area contributed by atoms with Crippen molar-refractivity contribution in [2.75, 3.05) is 22.6 Å². The van der Waals surface area contributed by atoms with Gasteiger partial charge in [0, 0.05) is 21.3 Å². The number of thiophene rings is 1. The SMILES string of the molecule is CCOC(=O)c1c(NC(=O)C(Sc2cccc(NC(=O)Cc3ccc(Cl)cc3)c2)c2ccccc2)sc(C(=O)Nc2ccccc2)c1C. The van der Waals surface area contributed by atoms with E-state index in [1.807, 2.05) is 42.5 Å². The Bertz CT molecular complexity index is 1920. The Labute approximate surface area is 291 Å². The van der Waals surface area contributed by atoms with Gasteiger partial charge in [-0.1, -0.05) is 78.3 Å². The normalized spacial score (nSPS) is 11.3. The molecule has 244 valence electrons. The maximum atomic E-state index is 14.1. The Kier molecular flexibility index (Phi) is 11.7. The molecule has 0 aliphatic carbocycles. The lowest BCUT2D eigenvalue weighted by Crippen LogP contribution is -2.20. The molecular formula is C37H32ClN3O5S2. The van der Waals surface area contributed by atoms with E-state index in [0.717, 1.165) is 27.4 Å². The van der Waals surface area contributed by atoms with Gasteiger partial charge in [-0.25, -0.2) is 4.79 Å². The van der Waals surface area contributed by atoms with Gasteiger partial charge in [0.25, 0.3) is 5.91 Å². The molecule has 0 aliphatic heterocycles. The van der Waals surface area contributed by atoms with Gasteiger partial charge in [-0.15, -0.1) is 23.1 Å². The van der Waals surface area contributed by atoms with Crippen molar-refractivity contribution in [3.8, 4) is 0 Å². The molecule has 1 unspecified atom stereocenters. The predicted molar refractivity (Wildman–Crippen MR) is 193 cm³/mol. The average molecular weight is 698 g/mol. The van der Waals surface area contributed by atoms with Crippen molar-refractivity contribution in [3.05, 3.63) is 141 Å². The van der Waals surface area contributed by atoms with Crippen LogP contribution >= 0.6 is 34.7 Å². The molecule has 0 spiro atoms. The molecule has 3 N–H and O–H groups in total. The second kappa shape index (κ2) is 16.3. The summed E-state index contributed by atoms with van der Waals surface area (Å²) in [5, 5.41) is 8.77. The quantitative estimate of drug-likeness (QED) is 0.0887. The van der Waals surface area contributed by atoms with Crippen molar-refractivity contribution < 1.29 is 23.9 Å². The molecule has 1 heterocycles. The van der Waals surface area contributed by atoms with Crippen LogP contribution in [-0.2, 0) is 20.7 Å². The molecule has 0 aliphatic rings. The molecule has 1 atom stereocenters. The van der Waals surface area contributed by atoms with E-state index in [9.17, 15) is 19.2 Å². The number of anilines is 3. The van der Waals surface area contributed by atoms with Crippen LogP contribution in [0.3, 0.4) is 0 Å². The van der Waals surface area contributed by atoms with Crippen LogP contribution in [-0.4, -0.2) is 30.3 Å². The number of hydrogen-bond acceptors (Lipinski definition) is 7. The number of amides is 3. The van der Waals surface area contributed by atoms with Gasteiger partial charge in [0.1, 0.15) is 10.3 Å². The summed E-state index contributed by atoms with van der Waals surface area (Å²) in [5.74, 6) is -1.63. The lowest BCUT2D eigenvalue weighted by Gasteiger charge is -2.18. The number of thioether (sulfide) groups is 1. The highest BCUT2D eigenvalue weighted by Crippen LogP contribution is 2.40. The van der Waals surface area contributed by atoms with Gasteiger partial charge in [-0.05, 0) is 73.0 Å². The van der Waals surface area contributed by atoms with Crippen LogP contribution in [0.25, 0.3) is 0 Å². The first kappa shape index (κ1) is 34.4. The maximum absolute atomic E-state index is 14.1. The second-order valence-electron chi connectivity index (χ2n) is 10.6. The van der Waals surface area contributed by atoms with E-state index in [1.54, 1.807) is 80.6 Å². The molecule has 0 bridgehead atoms. The van der Waals surface area contributed by atoms with Crippen molar-refractivity contribution >= 4 is 74.8 Å². The third-order valence-electron chi connectivity index (χ3n) is 7.09. The van der Waals surface area contributed by atoms with Crippen LogP contribution in [0, 0.1) is 6.92 Å². The number of rotatable bonds is 12. The fourth-order valence-corrected chi connectivity index (χ4v) is 7.13. The van der Waals surface area contributed by atoms with E-state index in [-0.39, 0.29) is 34.4 Å². The Balaban J connectivity index is 1.39. The Morgan fingerprint density at radius 1 is 0.812 bits per heavy atom. The molecule has 4 aromatic carbocycles. The van der Waals surface area contributed by atoms with Crippen LogP contribution in [0.5, 0.6) is 0 Å². The van der Waals surface area contributed by atoms with E-state index < -0.39 is 23.0 Å². The summed E-state index contributed by atoms with van der Waals surface area (Å²) in [6.07, 6.45) is 0.179. The largest absolute Gasteiger partial charge is 0.462 e. The molecule has 8 nitrogen and oxygen atoms in total. The van der Waals surface area contributed by atoms with E-state index in [0.29, 0.717) is 22.0 Å². The van der Waals surface area contributed by atoms with Crippen molar-refractivity contribution in [2.45, 2.75) is 30.4 Å². The number of esters is 1. The summed E-state index contributed by atoms with van der Waals surface area (Å²) < 4.78 is 5.31. The molecule has 0 saturated heterocycles. The maximum Gasteiger partial charge on any atom is 0.341 e. The number of hydrogen-bond donors (Lipinski definition) is 3. The Morgan fingerprint density at radius 3 is 2.17 bits per heavy atom. The first-order valence-electron chi connectivity index (χ1n) is 15.1. The van der Waals surface area contributed by atoms with E-state index >= 15 is 0 Å². The predicted octanol–water partition coefficient (Wildman–Crippen LogP) is 8.79. The number of carbonyl (C=O) groups is 4. The first-order valence-corrected chi connectivity index (χ1v) is 17.1. The first-order chi connectivity index (χ1) is 23.2. The molecule has 1 aromatic heterocycles. The van der Waals surface area contributed by atoms with Gasteiger partial charge >= 0.3 is 5.97 Å². The molecule has 5 rings (SSSR count). The molecular weight excluding hydrogens is 666 g/mol. The molecule has 5 aromatic rings. The highest BCUT2D eigenvalue weighted by atomic mass is 35.5. The fraction of sp³-hybridized carbons (Fsp3) is 0.135. The average Bonchev–Trinajstić information content (AvgIpc) is 3.41. The van der Waals surface area contributed by atoms with Crippen molar-refractivity contribution in [1.82, 2.24) is 0 Å². The van der Waals surface area contributed by atoms with Gasteiger partial charge in [-0.3, -0.25) is 14.4 Å². The second-order valence-corrected chi connectivity index (χ2v) is 13.2. The van der Waals surface area contributed by atoms with E-state index in [4.69, 9.17) is 16.3 Å². The molecule has 11 heteroatoms. The fourth-order valence-electron chi connectivity index (χ4n) is 4.83. The zero-order valence-electron chi connectivity index (χ0n) is 26.1. The summed E-state index contributed by atoms with van der Waals surface area (Å²) in [6, 6.07) is 32.5. The summed E-state index contributed by atoms with van der Waals surface area (Å²) >= 11 is 8.27. The zero-order chi connectivity index (χ0) is 34.0. The standard InChI is InChI=1S/C37H32ClN3O5S2/c1-3-46-37(45)31-23(2)32(34(43)40-27-13-8-5-9-14-27)48-36(31)41-35(44)33(25-11-6-4-7-12-25)47-29-16-10-15-28(22-29)39-30(42)21-24-17-19-26(38)20-18-24/h4-20,22,33H,3,21H2,1-2H3,(H,39,42)(H,40,43)(H,41,44). The van der Waals surface area contributed by atoms with Gasteiger partial charge in [0.2, 0.25) is 11.8 Å². The number of nitrogens with one attached hydrogen (secondary N) is 3. The van der Waals surface area contributed by atoms with E-state index in [2.05, 4.69) is 16.0 Å². The number of para-hydroxylation sites is 1. The number of ether oxygens (including phenoxy) is 1.